The van der Waals surface area contributed by atoms with Gasteiger partial charge >= 0.3 is 6.18 Å². The molecule has 41 heavy (non-hydrogen) atoms. The van der Waals surface area contributed by atoms with Gasteiger partial charge < -0.3 is 14.5 Å². The van der Waals surface area contributed by atoms with Crippen LogP contribution in [-0.4, -0.2) is 73.1 Å². The van der Waals surface area contributed by atoms with Gasteiger partial charge in [-0.2, -0.15) is 23.4 Å². The molecule has 2 aliphatic rings. The smallest absolute Gasteiger partial charge is 0.433 e. The maximum Gasteiger partial charge on any atom is 0.433 e. The van der Waals surface area contributed by atoms with Crippen molar-refractivity contribution in [1.29, 1.82) is 0 Å². The Bertz CT molecular complexity index is 1500. The van der Waals surface area contributed by atoms with Crippen molar-refractivity contribution in [2.45, 2.75) is 43.9 Å². The van der Waals surface area contributed by atoms with E-state index in [9.17, 15) is 22.4 Å². The number of alkyl halides is 3. The van der Waals surface area contributed by atoms with Crippen LogP contribution in [0.15, 0.2) is 41.4 Å². The highest BCUT2D eigenvalue weighted by Crippen LogP contribution is 2.36. The minimum atomic E-state index is -4.80. The second kappa shape index (κ2) is 11.0. The number of pyridine rings is 1. The summed E-state index contributed by atoms with van der Waals surface area (Å²) in [5.74, 6) is -1.58. The number of halogens is 4. The number of nitrogens with zero attached hydrogens (tertiary/aromatic N) is 6. The molecule has 0 radical (unpaired) electrons. The van der Waals surface area contributed by atoms with E-state index in [2.05, 4.69) is 35.5 Å². The number of H-pyrrole nitrogens is 1. The number of morpholine rings is 1. The van der Waals surface area contributed by atoms with Gasteiger partial charge in [-0.15, -0.1) is 0 Å². The zero-order valence-corrected chi connectivity index (χ0v) is 21.7. The van der Waals surface area contributed by atoms with Gasteiger partial charge in [0, 0.05) is 31.5 Å². The van der Waals surface area contributed by atoms with Crippen molar-refractivity contribution in [1.82, 2.24) is 34.8 Å². The summed E-state index contributed by atoms with van der Waals surface area (Å²) in [6.45, 7) is 3.16. The van der Waals surface area contributed by atoms with Gasteiger partial charge in [0.1, 0.15) is 23.3 Å². The number of hydrogen-bond acceptors (Lipinski definition) is 8. The lowest BCUT2D eigenvalue weighted by Gasteiger charge is -2.38. The van der Waals surface area contributed by atoms with Crippen molar-refractivity contribution in [2.75, 3.05) is 31.6 Å². The van der Waals surface area contributed by atoms with Crippen LogP contribution >= 0.6 is 0 Å². The molecule has 2 fully saturated rings. The first-order chi connectivity index (χ1) is 19.8. The van der Waals surface area contributed by atoms with Crippen LogP contribution in [0.3, 0.4) is 0 Å². The molecule has 5 heterocycles. The highest BCUT2D eigenvalue weighted by molar-refractivity contribution is 6.04. The summed E-state index contributed by atoms with van der Waals surface area (Å²) < 4.78 is 67.6. The number of anilines is 1. The van der Waals surface area contributed by atoms with Gasteiger partial charge in [-0.25, -0.2) is 14.4 Å². The lowest BCUT2D eigenvalue weighted by molar-refractivity contribution is -0.141. The third-order valence-corrected chi connectivity index (χ3v) is 7.43. The van der Waals surface area contributed by atoms with Crippen molar-refractivity contribution in [3.8, 4) is 22.8 Å². The van der Waals surface area contributed by atoms with Gasteiger partial charge in [0.05, 0.1) is 36.7 Å². The Morgan fingerprint density at radius 1 is 1.05 bits per heavy atom. The molecule has 11 nitrogen and oxygen atoms in total. The van der Waals surface area contributed by atoms with Crippen molar-refractivity contribution in [2.24, 2.45) is 0 Å². The molecule has 1 saturated carbocycles. The highest BCUT2D eigenvalue weighted by Gasteiger charge is 2.35. The lowest BCUT2D eigenvalue weighted by atomic mass is 9.90. The average molecular weight is 575 g/mol. The first kappa shape index (κ1) is 27.1. The molecule has 0 aromatic carbocycles. The molecule has 1 aliphatic carbocycles. The van der Waals surface area contributed by atoms with Gasteiger partial charge in [0.2, 0.25) is 5.89 Å². The fraction of sp³-hybridized carbons (Fsp3) is 0.423. The number of aromatic nitrogens is 6. The fourth-order valence-corrected chi connectivity index (χ4v) is 5.31. The van der Waals surface area contributed by atoms with E-state index in [0.29, 0.717) is 37.0 Å². The van der Waals surface area contributed by atoms with Crippen molar-refractivity contribution in [3.05, 3.63) is 54.2 Å². The maximum absolute atomic E-state index is 14.9. The van der Waals surface area contributed by atoms with Crippen LogP contribution in [0.2, 0.25) is 0 Å². The number of aromatic amines is 1. The molecule has 0 spiro atoms. The third kappa shape index (κ3) is 5.72. The summed E-state index contributed by atoms with van der Waals surface area (Å²) >= 11 is 0. The molecular weight excluding hydrogens is 548 g/mol. The van der Waals surface area contributed by atoms with Gasteiger partial charge in [-0.1, -0.05) is 0 Å². The number of rotatable bonds is 6. The van der Waals surface area contributed by atoms with E-state index in [4.69, 9.17) is 9.15 Å². The molecule has 15 heteroatoms. The minimum Gasteiger partial charge on any atom is -0.444 e. The Hall–Kier alpha value is -4.11. The quantitative estimate of drug-likeness (QED) is 0.321. The van der Waals surface area contributed by atoms with Crippen LogP contribution in [0.5, 0.6) is 0 Å². The topological polar surface area (TPSA) is 127 Å². The summed E-state index contributed by atoms with van der Waals surface area (Å²) in [5.41, 5.74) is -1.67. The van der Waals surface area contributed by atoms with E-state index < -0.39 is 29.3 Å². The standard InChI is InChI=1S/C26H26F4N8O3/c27-18-5-6-21(26(28,29)30)35-22(18)23-19(33-24(39)20-14-41-25(34-20)15-11-31-32-12-15)13-38(36-23)17-3-1-16(2-4-17)37-7-9-40-10-8-37/h5-6,11-14,16-17H,1-4,7-10H2,(H,31,32)(H,33,39)/t16-,17-. The van der Waals surface area contributed by atoms with E-state index in [1.807, 2.05) is 0 Å². The summed E-state index contributed by atoms with van der Waals surface area (Å²) in [6.07, 6.45) is 4.15. The Morgan fingerprint density at radius 2 is 1.80 bits per heavy atom. The monoisotopic (exact) mass is 574 g/mol. The normalized spacial score (nSPS) is 20.3. The molecule has 6 rings (SSSR count). The van der Waals surface area contributed by atoms with E-state index in [-0.39, 0.29) is 29.0 Å². The van der Waals surface area contributed by atoms with Crippen LogP contribution in [0, 0.1) is 5.82 Å². The van der Waals surface area contributed by atoms with Crippen LogP contribution in [-0.2, 0) is 10.9 Å². The molecule has 4 aromatic rings. The second-order valence-corrected chi connectivity index (χ2v) is 9.99. The fourth-order valence-electron chi connectivity index (χ4n) is 5.31. The predicted molar refractivity (Wildman–Crippen MR) is 136 cm³/mol. The SMILES string of the molecule is O=C(Nc1cn([C@H]2CC[C@H](N3CCOCC3)CC2)nc1-c1nc(C(F)(F)F)ccc1F)c1coc(-c2cn[nH]c2)n1. The van der Waals surface area contributed by atoms with Crippen molar-refractivity contribution < 1.29 is 31.5 Å². The highest BCUT2D eigenvalue weighted by atomic mass is 19.4. The largest absolute Gasteiger partial charge is 0.444 e. The van der Waals surface area contributed by atoms with Crippen molar-refractivity contribution >= 4 is 11.6 Å². The molecule has 2 N–H and O–H groups in total. The van der Waals surface area contributed by atoms with E-state index >= 15 is 0 Å². The van der Waals surface area contributed by atoms with E-state index in [1.54, 1.807) is 4.68 Å². The number of hydrogen-bond donors (Lipinski definition) is 2. The van der Waals surface area contributed by atoms with E-state index in [1.165, 1.54) is 18.6 Å². The molecule has 0 bridgehead atoms. The third-order valence-electron chi connectivity index (χ3n) is 7.43. The van der Waals surface area contributed by atoms with Crippen LogP contribution in [0.1, 0.15) is 47.9 Å². The Kier molecular flexibility index (Phi) is 7.30. The number of amides is 1. The van der Waals surface area contributed by atoms with Gasteiger partial charge in [0.25, 0.3) is 5.91 Å². The first-order valence-electron chi connectivity index (χ1n) is 13.2. The average Bonchev–Trinajstić information content (AvgIpc) is 3.75. The zero-order chi connectivity index (χ0) is 28.6. The first-order valence-corrected chi connectivity index (χ1v) is 13.2. The molecule has 1 amide bonds. The number of oxazole rings is 1. The molecule has 216 valence electrons. The van der Waals surface area contributed by atoms with Gasteiger partial charge in [-0.3, -0.25) is 19.5 Å². The summed E-state index contributed by atoms with van der Waals surface area (Å²) in [4.78, 5) is 23.2. The Labute approximate surface area is 230 Å². The predicted octanol–water partition coefficient (Wildman–Crippen LogP) is 4.55. The molecule has 0 unspecified atom stereocenters. The molecule has 4 aromatic heterocycles. The summed E-state index contributed by atoms with van der Waals surface area (Å²) in [7, 11) is 0. The Morgan fingerprint density at radius 3 is 2.51 bits per heavy atom. The minimum absolute atomic E-state index is 0.00360. The van der Waals surface area contributed by atoms with Crippen LogP contribution in [0.4, 0.5) is 23.2 Å². The van der Waals surface area contributed by atoms with Crippen LogP contribution < -0.4 is 5.32 Å². The summed E-state index contributed by atoms with van der Waals surface area (Å²) in [5, 5.41) is 13.5. The molecule has 0 atom stereocenters. The lowest BCUT2D eigenvalue weighted by Crippen LogP contribution is -2.45. The van der Waals surface area contributed by atoms with E-state index in [0.717, 1.165) is 45.0 Å². The maximum atomic E-state index is 14.9. The second-order valence-electron chi connectivity index (χ2n) is 9.99. The number of carbonyl (C=O) groups is 1. The number of carbonyl (C=O) groups excluding carboxylic acids is 1. The van der Waals surface area contributed by atoms with Crippen molar-refractivity contribution in [3.63, 3.8) is 0 Å². The molecule has 1 saturated heterocycles. The summed E-state index contributed by atoms with van der Waals surface area (Å²) in [6, 6.07) is 1.57. The Balaban J connectivity index is 1.29. The van der Waals surface area contributed by atoms with Gasteiger partial charge in [0.15, 0.2) is 11.5 Å². The van der Waals surface area contributed by atoms with Crippen LogP contribution in [0.25, 0.3) is 22.8 Å². The zero-order valence-electron chi connectivity index (χ0n) is 21.7. The molecule has 1 aliphatic heterocycles. The number of ether oxygens (including phenoxy) is 1. The molecular formula is C26H26F4N8O3. The number of nitrogens with one attached hydrogen (secondary N) is 2. The van der Waals surface area contributed by atoms with Gasteiger partial charge in [-0.05, 0) is 37.8 Å².